The van der Waals surface area contributed by atoms with Crippen LogP contribution in [0.25, 0.3) is 16.6 Å². The lowest BCUT2D eigenvalue weighted by atomic mass is 10.1. The van der Waals surface area contributed by atoms with Gasteiger partial charge < -0.3 is 0 Å². The summed E-state index contributed by atoms with van der Waals surface area (Å²) < 4.78 is 28.0. The molecule has 0 atom stereocenters. The smallest absolute Gasteiger partial charge is 0.266 e. The molecule has 0 N–H and O–H groups in total. The molecule has 0 aliphatic heterocycles. The molecule has 4 nitrogen and oxygen atoms in total. The van der Waals surface area contributed by atoms with Gasteiger partial charge in [0.1, 0.15) is 11.6 Å². The second kappa shape index (κ2) is 8.38. The molecule has 0 aliphatic rings. The number of para-hydroxylation sites is 1. The van der Waals surface area contributed by atoms with Crippen LogP contribution in [0.4, 0.5) is 8.78 Å². The number of nitrogens with zero attached hydrogens (tertiary/aromatic N) is 2. The van der Waals surface area contributed by atoms with Gasteiger partial charge in [-0.1, -0.05) is 35.5 Å². The summed E-state index contributed by atoms with van der Waals surface area (Å²) in [6.07, 6.45) is 0. The standard InChI is InChI=1S/C22H13ClF2N2O2S/c23-17-11-15(9-10-18(17)25)27-21(29)16-3-1-2-4-19(16)26-22(27)30-12-20(28)13-5-7-14(24)8-6-13/h1-11H,12H2. The van der Waals surface area contributed by atoms with Gasteiger partial charge in [-0.25, -0.2) is 13.8 Å². The molecule has 0 fully saturated rings. The van der Waals surface area contributed by atoms with Gasteiger partial charge in [0.05, 0.1) is 27.4 Å². The summed E-state index contributed by atoms with van der Waals surface area (Å²) in [5, 5.41) is 0.509. The number of carbonyl (C=O) groups excluding carboxylic acids is 1. The molecule has 8 heteroatoms. The van der Waals surface area contributed by atoms with Crippen molar-refractivity contribution in [2.45, 2.75) is 5.16 Å². The summed E-state index contributed by atoms with van der Waals surface area (Å²) >= 11 is 6.96. The monoisotopic (exact) mass is 442 g/mol. The Morgan fingerprint density at radius 2 is 1.77 bits per heavy atom. The van der Waals surface area contributed by atoms with Crippen LogP contribution in [0.1, 0.15) is 10.4 Å². The number of ketones is 1. The van der Waals surface area contributed by atoms with Gasteiger partial charge in [0.15, 0.2) is 10.9 Å². The van der Waals surface area contributed by atoms with Crippen molar-refractivity contribution in [3.8, 4) is 5.69 Å². The summed E-state index contributed by atoms with van der Waals surface area (Å²) in [6, 6.07) is 16.0. The number of Topliss-reactive ketones (excluding diaryl/α,β-unsaturated/α-hetero) is 1. The van der Waals surface area contributed by atoms with E-state index in [1.165, 1.54) is 41.0 Å². The summed E-state index contributed by atoms with van der Waals surface area (Å²) in [5.41, 5.74) is 0.800. The lowest BCUT2D eigenvalue weighted by Gasteiger charge is -2.13. The maximum absolute atomic E-state index is 13.6. The SMILES string of the molecule is O=C(CSc1nc2ccccc2c(=O)n1-c1ccc(F)c(Cl)c1)c1ccc(F)cc1. The molecule has 30 heavy (non-hydrogen) atoms. The highest BCUT2D eigenvalue weighted by molar-refractivity contribution is 7.99. The van der Waals surface area contributed by atoms with E-state index in [0.717, 1.165) is 17.8 Å². The Bertz CT molecular complexity index is 1320. The highest BCUT2D eigenvalue weighted by Gasteiger charge is 2.16. The van der Waals surface area contributed by atoms with Crippen molar-refractivity contribution in [3.05, 3.63) is 99.3 Å². The first kappa shape index (κ1) is 20.3. The van der Waals surface area contributed by atoms with Crippen LogP contribution in [0.3, 0.4) is 0 Å². The molecular weight excluding hydrogens is 430 g/mol. The van der Waals surface area contributed by atoms with Crippen LogP contribution in [0.2, 0.25) is 5.02 Å². The van der Waals surface area contributed by atoms with Crippen molar-refractivity contribution >= 4 is 40.0 Å². The molecule has 0 amide bonds. The fourth-order valence-corrected chi connectivity index (χ4v) is 3.99. The van der Waals surface area contributed by atoms with Gasteiger partial charge in [-0.3, -0.25) is 14.2 Å². The topological polar surface area (TPSA) is 52.0 Å². The van der Waals surface area contributed by atoms with Crippen molar-refractivity contribution in [2.75, 3.05) is 5.75 Å². The Labute approximate surface area is 179 Å². The Hall–Kier alpha value is -3.03. The second-order valence-electron chi connectivity index (χ2n) is 6.37. The van der Waals surface area contributed by atoms with Crippen molar-refractivity contribution < 1.29 is 13.6 Å². The summed E-state index contributed by atoms with van der Waals surface area (Å²) in [6.45, 7) is 0. The van der Waals surface area contributed by atoms with Crippen LogP contribution in [0, 0.1) is 11.6 Å². The zero-order chi connectivity index (χ0) is 21.3. The Morgan fingerprint density at radius 3 is 2.50 bits per heavy atom. The highest BCUT2D eigenvalue weighted by atomic mass is 35.5. The number of fused-ring (bicyclic) bond motifs is 1. The molecule has 3 aromatic carbocycles. The van der Waals surface area contributed by atoms with Crippen LogP contribution in [-0.2, 0) is 0 Å². The zero-order valence-electron chi connectivity index (χ0n) is 15.3. The maximum Gasteiger partial charge on any atom is 0.266 e. The molecule has 0 unspecified atom stereocenters. The van der Waals surface area contributed by atoms with E-state index in [9.17, 15) is 18.4 Å². The van der Waals surface area contributed by atoms with Crippen molar-refractivity contribution in [2.24, 2.45) is 0 Å². The number of benzene rings is 3. The number of hydrogen-bond donors (Lipinski definition) is 0. The molecular formula is C22H13ClF2N2O2S. The van der Waals surface area contributed by atoms with Crippen molar-refractivity contribution in [3.63, 3.8) is 0 Å². The van der Waals surface area contributed by atoms with Crippen LogP contribution < -0.4 is 5.56 Å². The third-order valence-electron chi connectivity index (χ3n) is 4.40. The lowest BCUT2D eigenvalue weighted by molar-refractivity contribution is 0.102. The summed E-state index contributed by atoms with van der Waals surface area (Å²) in [7, 11) is 0. The fraction of sp³-hybridized carbons (Fsp3) is 0.0455. The van der Waals surface area contributed by atoms with Gasteiger partial charge in [-0.2, -0.15) is 0 Å². The largest absolute Gasteiger partial charge is 0.293 e. The number of carbonyl (C=O) groups is 1. The molecule has 0 radical (unpaired) electrons. The summed E-state index contributed by atoms with van der Waals surface area (Å²) in [4.78, 5) is 30.2. The first-order valence-electron chi connectivity index (χ1n) is 8.83. The van der Waals surface area contributed by atoms with Gasteiger partial charge >= 0.3 is 0 Å². The molecule has 0 spiro atoms. The quantitative estimate of drug-likeness (QED) is 0.239. The molecule has 1 heterocycles. The number of thioether (sulfide) groups is 1. The van der Waals surface area contributed by atoms with Gasteiger partial charge in [0, 0.05) is 5.56 Å². The zero-order valence-corrected chi connectivity index (χ0v) is 16.9. The average molecular weight is 443 g/mol. The van der Waals surface area contributed by atoms with E-state index in [0.29, 0.717) is 22.2 Å². The van der Waals surface area contributed by atoms with E-state index in [4.69, 9.17) is 11.6 Å². The second-order valence-corrected chi connectivity index (χ2v) is 7.72. The van der Waals surface area contributed by atoms with Crippen molar-refractivity contribution in [1.82, 2.24) is 9.55 Å². The third-order valence-corrected chi connectivity index (χ3v) is 5.63. The first-order chi connectivity index (χ1) is 14.4. The number of hydrogen-bond acceptors (Lipinski definition) is 4. The van der Waals surface area contributed by atoms with Crippen LogP contribution >= 0.6 is 23.4 Å². The van der Waals surface area contributed by atoms with Gasteiger partial charge in [0.2, 0.25) is 0 Å². The third kappa shape index (κ3) is 3.99. The predicted octanol–water partition coefficient (Wildman–Crippen LogP) is 5.29. The van der Waals surface area contributed by atoms with Gasteiger partial charge in [-0.15, -0.1) is 0 Å². The van der Waals surface area contributed by atoms with E-state index in [2.05, 4.69) is 4.98 Å². The predicted molar refractivity (Wildman–Crippen MR) is 114 cm³/mol. The van der Waals surface area contributed by atoms with E-state index in [1.807, 2.05) is 0 Å². The van der Waals surface area contributed by atoms with Gasteiger partial charge in [-0.05, 0) is 54.6 Å². The molecule has 0 saturated carbocycles. The minimum atomic E-state index is -0.608. The highest BCUT2D eigenvalue weighted by Crippen LogP contribution is 2.25. The number of rotatable bonds is 5. The van der Waals surface area contributed by atoms with Gasteiger partial charge in [0.25, 0.3) is 5.56 Å². The van der Waals surface area contributed by atoms with E-state index in [1.54, 1.807) is 24.3 Å². The molecule has 4 aromatic rings. The van der Waals surface area contributed by atoms with E-state index in [-0.39, 0.29) is 27.3 Å². The molecule has 150 valence electrons. The van der Waals surface area contributed by atoms with E-state index < -0.39 is 11.6 Å². The van der Waals surface area contributed by atoms with E-state index >= 15 is 0 Å². The minimum Gasteiger partial charge on any atom is -0.293 e. The Morgan fingerprint density at radius 1 is 1.03 bits per heavy atom. The first-order valence-corrected chi connectivity index (χ1v) is 10.2. The fourth-order valence-electron chi connectivity index (χ4n) is 2.91. The number of aromatic nitrogens is 2. The van der Waals surface area contributed by atoms with Crippen LogP contribution in [0.15, 0.2) is 76.7 Å². The van der Waals surface area contributed by atoms with Crippen LogP contribution in [-0.4, -0.2) is 21.1 Å². The minimum absolute atomic E-state index is 0.0225. The molecule has 4 rings (SSSR count). The van der Waals surface area contributed by atoms with Crippen molar-refractivity contribution in [1.29, 1.82) is 0 Å². The molecule has 0 aliphatic carbocycles. The Balaban J connectivity index is 1.77. The summed E-state index contributed by atoms with van der Waals surface area (Å²) in [5.74, 6) is -1.31. The normalized spacial score (nSPS) is 11.0. The lowest BCUT2D eigenvalue weighted by Crippen LogP contribution is -2.22. The maximum atomic E-state index is 13.6. The Kier molecular flexibility index (Phi) is 5.65. The number of halogens is 3. The molecule has 0 bridgehead atoms. The average Bonchev–Trinajstić information content (AvgIpc) is 2.75. The van der Waals surface area contributed by atoms with Crippen LogP contribution in [0.5, 0.6) is 0 Å². The molecule has 0 saturated heterocycles. The molecule has 1 aromatic heterocycles.